The summed E-state index contributed by atoms with van der Waals surface area (Å²) < 4.78 is 1.39. The van der Waals surface area contributed by atoms with Crippen LogP contribution in [0.3, 0.4) is 0 Å². The summed E-state index contributed by atoms with van der Waals surface area (Å²) in [6.45, 7) is 1.41. The lowest BCUT2D eigenvalue weighted by molar-refractivity contribution is 0.221. The number of thioether (sulfide) groups is 1. The van der Waals surface area contributed by atoms with Crippen LogP contribution >= 0.6 is 11.8 Å². The van der Waals surface area contributed by atoms with E-state index in [1.165, 1.54) is 15.7 Å². The van der Waals surface area contributed by atoms with E-state index >= 15 is 0 Å². The number of rotatable bonds is 4. The first-order valence-electron chi connectivity index (χ1n) is 7.89. The van der Waals surface area contributed by atoms with E-state index in [2.05, 4.69) is 22.4 Å². The van der Waals surface area contributed by atoms with Crippen molar-refractivity contribution in [2.75, 3.05) is 24.2 Å². The van der Waals surface area contributed by atoms with Gasteiger partial charge in [-0.15, -0.1) is 11.8 Å². The first-order valence-corrected chi connectivity index (χ1v) is 8.87. The Kier molecular flexibility index (Phi) is 5.20. The zero-order valence-corrected chi connectivity index (χ0v) is 14.3. The second kappa shape index (κ2) is 7.53. The molecule has 1 aromatic heterocycles. The van der Waals surface area contributed by atoms with Crippen molar-refractivity contribution in [3.8, 4) is 0 Å². The van der Waals surface area contributed by atoms with E-state index in [0.29, 0.717) is 19.0 Å². The van der Waals surface area contributed by atoms with Crippen molar-refractivity contribution in [2.45, 2.75) is 11.3 Å². The second-order valence-corrected chi connectivity index (χ2v) is 6.94. The number of likely N-dealkylation sites (tertiary alicyclic amines) is 1. The van der Waals surface area contributed by atoms with E-state index in [-0.39, 0.29) is 17.4 Å². The molecule has 2 aromatic rings. The molecule has 7 heteroatoms. The summed E-state index contributed by atoms with van der Waals surface area (Å²) in [5.41, 5.74) is -0.304. The van der Waals surface area contributed by atoms with Crippen LogP contribution in [0.4, 0.5) is 10.6 Å². The molecule has 1 fully saturated rings. The molecule has 2 amide bonds. The summed E-state index contributed by atoms with van der Waals surface area (Å²) in [5, 5.41) is 2.62. The van der Waals surface area contributed by atoms with Gasteiger partial charge in [0, 0.05) is 43.2 Å². The van der Waals surface area contributed by atoms with Crippen LogP contribution < -0.4 is 10.9 Å². The van der Waals surface area contributed by atoms with Crippen LogP contribution in [0.5, 0.6) is 0 Å². The number of carbonyl (C=O) groups is 1. The van der Waals surface area contributed by atoms with E-state index in [1.54, 1.807) is 18.1 Å². The van der Waals surface area contributed by atoms with Gasteiger partial charge in [-0.1, -0.05) is 18.2 Å². The van der Waals surface area contributed by atoms with Crippen molar-refractivity contribution in [1.82, 2.24) is 14.5 Å². The lowest BCUT2D eigenvalue weighted by atomic mass is 10.2. The molecule has 1 atom stereocenters. The van der Waals surface area contributed by atoms with Crippen LogP contribution in [0.2, 0.25) is 0 Å². The number of nitrogens with one attached hydrogen (secondary N) is 1. The SMILES string of the molecule is Cn1ccnc(NC(=O)N2CC[C@H](CSc3ccccc3)C2)c1=O. The van der Waals surface area contributed by atoms with E-state index in [9.17, 15) is 9.59 Å². The van der Waals surface area contributed by atoms with Gasteiger partial charge in [0.2, 0.25) is 5.82 Å². The van der Waals surface area contributed by atoms with Gasteiger partial charge in [-0.3, -0.25) is 10.1 Å². The fraction of sp³-hybridized carbons (Fsp3) is 0.353. The molecule has 24 heavy (non-hydrogen) atoms. The number of urea groups is 1. The lowest BCUT2D eigenvalue weighted by Crippen LogP contribution is -2.36. The van der Waals surface area contributed by atoms with Gasteiger partial charge >= 0.3 is 6.03 Å². The minimum absolute atomic E-state index is 0.0760. The van der Waals surface area contributed by atoms with Gasteiger partial charge in [-0.05, 0) is 24.5 Å². The number of hydrogen-bond donors (Lipinski definition) is 1. The van der Waals surface area contributed by atoms with Crippen molar-refractivity contribution in [3.05, 3.63) is 53.1 Å². The molecule has 0 unspecified atom stereocenters. The Morgan fingerprint density at radius 2 is 2.17 bits per heavy atom. The Morgan fingerprint density at radius 1 is 1.38 bits per heavy atom. The normalized spacial score (nSPS) is 17.0. The summed E-state index contributed by atoms with van der Waals surface area (Å²) >= 11 is 1.82. The second-order valence-electron chi connectivity index (χ2n) is 5.85. The number of amides is 2. The third-order valence-electron chi connectivity index (χ3n) is 4.04. The number of aromatic nitrogens is 2. The van der Waals surface area contributed by atoms with Crippen LogP contribution in [-0.4, -0.2) is 39.3 Å². The Hall–Kier alpha value is -2.28. The minimum atomic E-state index is -0.304. The molecule has 0 saturated carbocycles. The van der Waals surface area contributed by atoms with Crippen molar-refractivity contribution < 1.29 is 4.79 Å². The number of anilines is 1. The molecular formula is C17H20N4O2S. The Bertz CT molecular complexity index is 763. The quantitative estimate of drug-likeness (QED) is 0.865. The zero-order valence-electron chi connectivity index (χ0n) is 13.5. The molecule has 0 spiro atoms. The highest BCUT2D eigenvalue weighted by atomic mass is 32.2. The van der Waals surface area contributed by atoms with E-state index in [4.69, 9.17) is 0 Å². The predicted octanol–water partition coefficient (Wildman–Crippen LogP) is 2.43. The maximum absolute atomic E-state index is 12.3. The summed E-state index contributed by atoms with van der Waals surface area (Å²) in [7, 11) is 1.63. The smallest absolute Gasteiger partial charge is 0.323 e. The summed E-state index contributed by atoms with van der Waals surface area (Å²) in [5.74, 6) is 1.53. The highest BCUT2D eigenvalue weighted by molar-refractivity contribution is 7.99. The third-order valence-corrected chi connectivity index (χ3v) is 5.29. The Morgan fingerprint density at radius 3 is 2.96 bits per heavy atom. The van der Waals surface area contributed by atoms with Gasteiger partial charge < -0.3 is 9.47 Å². The molecule has 2 heterocycles. The van der Waals surface area contributed by atoms with Crippen LogP contribution in [0, 0.1) is 5.92 Å². The van der Waals surface area contributed by atoms with Crippen molar-refractivity contribution in [2.24, 2.45) is 13.0 Å². The van der Waals surface area contributed by atoms with Crippen LogP contribution in [0.1, 0.15) is 6.42 Å². The van der Waals surface area contributed by atoms with Crippen molar-refractivity contribution >= 4 is 23.6 Å². The Labute approximate surface area is 144 Å². The monoisotopic (exact) mass is 344 g/mol. The summed E-state index contributed by atoms with van der Waals surface area (Å²) in [6.07, 6.45) is 4.04. The Balaban J connectivity index is 1.52. The fourth-order valence-corrected chi connectivity index (χ4v) is 3.70. The van der Waals surface area contributed by atoms with E-state index in [0.717, 1.165) is 12.2 Å². The number of hydrogen-bond acceptors (Lipinski definition) is 4. The molecule has 1 aliphatic rings. The average molecular weight is 344 g/mol. The number of nitrogens with zero attached hydrogens (tertiary/aromatic N) is 3. The molecule has 0 aliphatic carbocycles. The maximum atomic E-state index is 12.3. The maximum Gasteiger partial charge on any atom is 0.323 e. The summed E-state index contributed by atoms with van der Waals surface area (Å²) in [6, 6.07) is 10.0. The topological polar surface area (TPSA) is 67.2 Å². The van der Waals surface area contributed by atoms with Crippen molar-refractivity contribution in [3.63, 3.8) is 0 Å². The molecule has 0 radical (unpaired) electrons. The van der Waals surface area contributed by atoms with Gasteiger partial charge in [0.1, 0.15) is 0 Å². The summed E-state index contributed by atoms with van der Waals surface area (Å²) in [4.78, 5) is 31.2. The molecule has 0 bridgehead atoms. The molecule has 1 aromatic carbocycles. The molecule has 126 valence electrons. The molecule has 3 rings (SSSR count). The van der Waals surface area contributed by atoms with E-state index < -0.39 is 0 Å². The lowest BCUT2D eigenvalue weighted by Gasteiger charge is -2.17. The van der Waals surface area contributed by atoms with Crippen LogP contribution in [-0.2, 0) is 7.05 Å². The largest absolute Gasteiger partial charge is 0.324 e. The third kappa shape index (κ3) is 3.97. The predicted molar refractivity (Wildman–Crippen MR) is 95.3 cm³/mol. The van der Waals surface area contributed by atoms with Crippen LogP contribution in [0.25, 0.3) is 0 Å². The van der Waals surface area contributed by atoms with Gasteiger partial charge in [-0.2, -0.15) is 0 Å². The zero-order chi connectivity index (χ0) is 16.9. The minimum Gasteiger partial charge on any atom is -0.324 e. The fourth-order valence-electron chi connectivity index (χ4n) is 2.65. The standard InChI is InChI=1S/C17H20N4O2S/c1-20-10-8-18-15(16(20)22)19-17(23)21-9-7-13(11-21)12-24-14-5-3-2-4-6-14/h2-6,8,10,13H,7,9,11-12H2,1H3,(H,18,19,23)/t13-/m0/s1. The highest BCUT2D eigenvalue weighted by Gasteiger charge is 2.26. The molecule has 1 saturated heterocycles. The number of aryl methyl sites for hydroxylation is 1. The van der Waals surface area contributed by atoms with Gasteiger partial charge in [0.25, 0.3) is 5.56 Å². The first kappa shape index (κ1) is 16.6. The van der Waals surface area contributed by atoms with Gasteiger partial charge in [0.15, 0.2) is 0 Å². The number of benzene rings is 1. The molecule has 1 aliphatic heterocycles. The average Bonchev–Trinajstić information content (AvgIpc) is 3.07. The first-order chi connectivity index (χ1) is 11.6. The highest BCUT2D eigenvalue weighted by Crippen LogP contribution is 2.26. The van der Waals surface area contributed by atoms with Crippen molar-refractivity contribution in [1.29, 1.82) is 0 Å². The van der Waals surface area contributed by atoms with Gasteiger partial charge in [-0.25, -0.2) is 9.78 Å². The van der Waals surface area contributed by atoms with Crippen LogP contribution in [0.15, 0.2) is 52.4 Å². The molecular weight excluding hydrogens is 324 g/mol. The van der Waals surface area contributed by atoms with E-state index in [1.807, 2.05) is 30.0 Å². The number of carbonyl (C=O) groups excluding carboxylic acids is 1. The van der Waals surface area contributed by atoms with Gasteiger partial charge in [0.05, 0.1) is 0 Å². The molecule has 1 N–H and O–H groups in total. The molecule has 6 nitrogen and oxygen atoms in total.